The van der Waals surface area contributed by atoms with E-state index in [-0.39, 0.29) is 5.91 Å². The van der Waals surface area contributed by atoms with Gasteiger partial charge in [0.05, 0.1) is 0 Å². The van der Waals surface area contributed by atoms with E-state index in [9.17, 15) is 14.4 Å². The highest BCUT2D eigenvalue weighted by Gasteiger charge is 2.35. The predicted octanol–water partition coefficient (Wildman–Crippen LogP) is 1.80. The molecule has 0 aliphatic carbocycles. The fourth-order valence-corrected chi connectivity index (χ4v) is 2.29. The zero-order valence-electron chi connectivity index (χ0n) is 14.0. The van der Waals surface area contributed by atoms with Gasteiger partial charge in [0.25, 0.3) is 0 Å². The molecule has 7 nitrogen and oxygen atoms in total. The summed E-state index contributed by atoms with van der Waals surface area (Å²) in [5.74, 6) is -0.671. The molecule has 0 aromatic heterocycles. The summed E-state index contributed by atoms with van der Waals surface area (Å²) < 4.78 is 10.3. The molecule has 0 aromatic rings. The highest BCUT2D eigenvalue weighted by atomic mass is 16.6. The molecule has 1 N–H and O–H groups in total. The lowest BCUT2D eigenvalue weighted by Gasteiger charge is -2.29. The van der Waals surface area contributed by atoms with E-state index in [1.165, 1.54) is 11.8 Å². The van der Waals surface area contributed by atoms with Gasteiger partial charge < -0.3 is 19.7 Å². The second-order valence-corrected chi connectivity index (χ2v) is 6.35. The fourth-order valence-electron chi connectivity index (χ4n) is 2.29. The summed E-state index contributed by atoms with van der Waals surface area (Å²) in [5, 5.41) is 2.58. The number of hydrogen-bond acceptors (Lipinski definition) is 5. The third-order valence-corrected chi connectivity index (χ3v) is 3.18. The van der Waals surface area contributed by atoms with E-state index in [1.807, 2.05) is 0 Å². The van der Waals surface area contributed by atoms with Crippen LogP contribution in [0.1, 0.15) is 53.9 Å². The Labute approximate surface area is 131 Å². The van der Waals surface area contributed by atoms with Crippen LogP contribution in [0.4, 0.5) is 4.79 Å². The smallest absolute Gasteiger partial charge is 0.408 e. The van der Waals surface area contributed by atoms with Crippen molar-refractivity contribution in [3.8, 4) is 0 Å². The first-order valence-electron chi connectivity index (χ1n) is 7.61. The number of esters is 1. The van der Waals surface area contributed by atoms with Crippen LogP contribution in [0.25, 0.3) is 0 Å². The van der Waals surface area contributed by atoms with Crippen LogP contribution >= 0.6 is 0 Å². The number of hydrogen-bond donors (Lipinski definition) is 1. The molecule has 0 aromatic carbocycles. The third-order valence-electron chi connectivity index (χ3n) is 3.18. The Hall–Kier alpha value is -1.79. The highest BCUT2D eigenvalue weighted by Crippen LogP contribution is 2.20. The van der Waals surface area contributed by atoms with Crippen molar-refractivity contribution in [1.29, 1.82) is 0 Å². The standard InChI is InChI=1S/C15H26N2O5/c1-6-11(16-14(20)22-15(3,4)5)13(19)17-9-7-8-12(17)21-10(2)18/h11-12H,6-9H2,1-5H3,(H,16,20). The van der Waals surface area contributed by atoms with Gasteiger partial charge in [0, 0.05) is 19.9 Å². The Balaban J connectivity index is 2.67. The van der Waals surface area contributed by atoms with E-state index in [0.29, 0.717) is 19.4 Å². The fraction of sp³-hybridized carbons (Fsp3) is 0.800. The van der Waals surface area contributed by atoms with Crippen LogP contribution in [0, 0.1) is 0 Å². The molecule has 1 aliphatic heterocycles. The summed E-state index contributed by atoms with van der Waals surface area (Å²) in [6, 6.07) is -0.689. The largest absolute Gasteiger partial charge is 0.444 e. The lowest BCUT2D eigenvalue weighted by atomic mass is 10.2. The van der Waals surface area contributed by atoms with Crippen molar-refractivity contribution in [3.63, 3.8) is 0 Å². The van der Waals surface area contributed by atoms with E-state index in [4.69, 9.17) is 9.47 Å². The molecule has 126 valence electrons. The molecule has 0 bridgehead atoms. The number of nitrogens with one attached hydrogen (secondary N) is 1. The molecule has 7 heteroatoms. The summed E-state index contributed by atoms with van der Waals surface area (Å²) >= 11 is 0. The Bertz CT molecular complexity index is 430. The average molecular weight is 314 g/mol. The number of amides is 2. The molecule has 1 saturated heterocycles. The molecule has 22 heavy (non-hydrogen) atoms. The van der Waals surface area contributed by atoms with E-state index >= 15 is 0 Å². The summed E-state index contributed by atoms with van der Waals surface area (Å²) in [6.07, 6.45) is 0.651. The van der Waals surface area contributed by atoms with Crippen molar-refractivity contribution in [3.05, 3.63) is 0 Å². The Morgan fingerprint density at radius 1 is 1.32 bits per heavy atom. The second-order valence-electron chi connectivity index (χ2n) is 6.35. The predicted molar refractivity (Wildman–Crippen MR) is 79.9 cm³/mol. The topological polar surface area (TPSA) is 84.9 Å². The van der Waals surface area contributed by atoms with Gasteiger partial charge in [-0.2, -0.15) is 0 Å². The van der Waals surface area contributed by atoms with Crippen molar-refractivity contribution in [2.75, 3.05) is 6.54 Å². The minimum atomic E-state index is -0.689. The van der Waals surface area contributed by atoms with Crippen molar-refractivity contribution < 1.29 is 23.9 Å². The number of ether oxygens (including phenoxy) is 2. The van der Waals surface area contributed by atoms with Crippen LogP contribution in [0.3, 0.4) is 0 Å². The molecule has 0 radical (unpaired) electrons. The quantitative estimate of drug-likeness (QED) is 0.800. The van der Waals surface area contributed by atoms with Crippen LogP contribution in [-0.4, -0.2) is 47.3 Å². The first-order chi connectivity index (χ1) is 10.1. The SMILES string of the molecule is CCC(NC(=O)OC(C)(C)C)C(=O)N1CCCC1OC(C)=O. The van der Waals surface area contributed by atoms with Crippen molar-refractivity contribution >= 4 is 18.0 Å². The summed E-state index contributed by atoms with van der Waals surface area (Å²) in [7, 11) is 0. The van der Waals surface area contributed by atoms with Crippen LogP contribution in [-0.2, 0) is 19.1 Å². The average Bonchev–Trinajstić information content (AvgIpc) is 2.80. The lowest BCUT2D eigenvalue weighted by Crippen LogP contribution is -2.51. The molecule has 2 atom stereocenters. The summed E-state index contributed by atoms with van der Waals surface area (Å²) in [6.45, 7) is 8.91. The molecule has 2 unspecified atom stereocenters. The maximum absolute atomic E-state index is 12.5. The maximum Gasteiger partial charge on any atom is 0.408 e. The van der Waals surface area contributed by atoms with Crippen molar-refractivity contribution in [1.82, 2.24) is 10.2 Å². The molecule has 1 rings (SSSR count). The van der Waals surface area contributed by atoms with Gasteiger partial charge in [0.15, 0.2) is 6.23 Å². The number of likely N-dealkylation sites (tertiary alicyclic amines) is 1. The minimum absolute atomic E-state index is 0.253. The third kappa shape index (κ3) is 5.54. The Morgan fingerprint density at radius 2 is 1.95 bits per heavy atom. The van der Waals surface area contributed by atoms with Gasteiger partial charge in [0.2, 0.25) is 5.91 Å². The number of rotatable bonds is 4. The van der Waals surface area contributed by atoms with Gasteiger partial charge in [-0.15, -0.1) is 0 Å². The van der Waals surface area contributed by atoms with Crippen LogP contribution in [0.2, 0.25) is 0 Å². The first-order valence-corrected chi connectivity index (χ1v) is 7.61. The van der Waals surface area contributed by atoms with Gasteiger partial charge in [0.1, 0.15) is 11.6 Å². The molecule has 0 saturated carbocycles. The van der Waals surface area contributed by atoms with Crippen LogP contribution < -0.4 is 5.32 Å². The van der Waals surface area contributed by atoms with Crippen molar-refractivity contribution in [2.24, 2.45) is 0 Å². The molecular formula is C15H26N2O5. The Kier molecular flexibility index (Phi) is 6.20. The summed E-state index contributed by atoms with van der Waals surface area (Å²) in [4.78, 5) is 36.9. The molecule has 0 spiro atoms. The zero-order valence-corrected chi connectivity index (χ0v) is 14.0. The number of carbonyl (C=O) groups is 3. The van der Waals surface area contributed by atoms with Crippen LogP contribution in [0.5, 0.6) is 0 Å². The number of nitrogens with zero attached hydrogens (tertiary/aromatic N) is 1. The van der Waals surface area contributed by atoms with E-state index in [2.05, 4.69) is 5.32 Å². The number of carbonyl (C=O) groups excluding carboxylic acids is 3. The van der Waals surface area contributed by atoms with Crippen molar-refractivity contribution in [2.45, 2.75) is 71.8 Å². The van der Waals surface area contributed by atoms with Gasteiger partial charge in [-0.3, -0.25) is 9.59 Å². The second kappa shape index (κ2) is 7.47. The maximum atomic E-state index is 12.5. The van der Waals surface area contributed by atoms with Gasteiger partial charge in [-0.1, -0.05) is 6.92 Å². The molecule has 1 heterocycles. The number of alkyl carbamates (subject to hydrolysis) is 1. The lowest BCUT2D eigenvalue weighted by molar-refractivity contribution is -0.160. The van der Waals surface area contributed by atoms with Crippen LogP contribution in [0.15, 0.2) is 0 Å². The van der Waals surface area contributed by atoms with E-state index < -0.39 is 29.9 Å². The molecular weight excluding hydrogens is 288 g/mol. The first kappa shape index (κ1) is 18.3. The van der Waals surface area contributed by atoms with E-state index in [0.717, 1.165) is 6.42 Å². The monoisotopic (exact) mass is 314 g/mol. The minimum Gasteiger partial charge on any atom is -0.444 e. The molecule has 1 aliphatic rings. The van der Waals surface area contributed by atoms with Gasteiger partial charge in [-0.25, -0.2) is 4.79 Å². The van der Waals surface area contributed by atoms with Gasteiger partial charge in [-0.05, 0) is 33.6 Å². The van der Waals surface area contributed by atoms with E-state index in [1.54, 1.807) is 27.7 Å². The normalized spacial score (nSPS) is 19.5. The highest BCUT2D eigenvalue weighted by molar-refractivity contribution is 5.86. The summed E-state index contributed by atoms with van der Waals surface area (Å²) in [5.41, 5.74) is -0.626. The Morgan fingerprint density at radius 3 is 2.45 bits per heavy atom. The zero-order chi connectivity index (χ0) is 16.9. The molecule has 1 fully saturated rings. The van der Waals surface area contributed by atoms with Gasteiger partial charge >= 0.3 is 12.1 Å². The molecule has 2 amide bonds.